The van der Waals surface area contributed by atoms with E-state index in [0.29, 0.717) is 13.0 Å². The quantitative estimate of drug-likeness (QED) is 0.801. The number of amides is 2. The predicted molar refractivity (Wildman–Crippen MR) is 77.9 cm³/mol. The highest BCUT2D eigenvalue weighted by Gasteiger charge is 2.36. The summed E-state index contributed by atoms with van der Waals surface area (Å²) in [4.78, 5) is 26.3. The Morgan fingerprint density at radius 2 is 2.29 bits per heavy atom. The molecule has 7 nitrogen and oxygen atoms in total. The average molecular weight is 291 g/mol. The minimum absolute atomic E-state index is 0.0515. The van der Waals surface area contributed by atoms with Crippen molar-refractivity contribution >= 4 is 17.6 Å². The molecule has 0 aromatic carbocycles. The lowest BCUT2D eigenvalue weighted by molar-refractivity contribution is -0.127. The van der Waals surface area contributed by atoms with Crippen molar-refractivity contribution in [2.45, 2.75) is 38.3 Å². The van der Waals surface area contributed by atoms with Crippen LogP contribution < -0.4 is 15.5 Å². The summed E-state index contributed by atoms with van der Waals surface area (Å²) in [6.45, 7) is 3.38. The Kier molecular flexibility index (Phi) is 3.67. The molecule has 1 aromatic rings. The summed E-state index contributed by atoms with van der Waals surface area (Å²) in [6.07, 6.45) is 2.50. The first-order valence-electron chi connectivity index (χ1n) is 7.42. The predicted octanol–water partition coefficient (Wildman–Crippen LogP) is -0.298. The first kappa shape index (κ1) is 14.1. The second-order valence-electron chi connectivity index (χ2n) is 5.76. The summed E-state index contributed by atoms with van der Waals surface area (Å²) in [6, 6.07) is 1.32. The molecule has 7 heteroatoms. The normalized spacial score (nSPS) is 25.6. The molecule has 2 aliphatic rings. The maximum atomic E-state index is 12.5. The molecule has 0 spiro atoms. The number of carbonyl (C=O) groups is 2. The van der Waals surface area contributed by atoms with Gasteiger partial charge in [-0.3, -0.25) is 19.2 Å². The zero-order valence-corrected chi connectivity index (χ0v) is 12.4. The van der Waals surface area contributed by atoms with Crippen LogP contribution in [0.5, 0.6) is 0 Å². The average Bonchev–Trinajstić information content (AvgIpc) is 3.13. The number of nitrogens with zero attached hydrogens (tertiary/aromatic N) is 3. The van der Waals surface area contributed by atoms with E-state index in [2.05, 4.69) is 15.7 Å². The van der Waals surface area contributed by atoms with Gasteiger partial charge in [-0.15, -0.1) is 0 Å². The van der Waals surface area contributed by atoms with Gasteiger partial charge < -0.3 is 10.6 Å². The highest BCUT2D eigenvalue weighted by atomic mass is 16.2. The summed E-state index contributed by atoms with van der Waals surface area (Å²) in [5.41, 5.74) is 0.878. The van der Waals surface area contributed by atoms with E-state index in [9.17, 15) is 9.59 Å². The van der Waals surface area contributed by atoms with Crippen LogP contribution in [0.4, 0.5) is 5.82 Å². The van der Waals surface area contributed by atoms with Gasteiger partial charge in [-0.2, -0.15) is 5.10 Å². The Bertz CT molecular complexity index is 562. The van der Waals surface area contributed by atoms with Crippen molar-refractivity contribution in [2.75, 3.05) is 18.0 Å². The molecule has 2 atom stereocenters. The molecular formula is C14H21N5O2. The van der Waals surface area contributed by atoms with Crippen molar-refractivity contribution in [2.24, 2.45) is 7.05 Å². The number of nitrogens with one attached hydrogen (secondary N) is 2. The minimum Gasteiger partial charge on any atom is -0.343 e. The molecule has 2 N–H and O–H groups in total. The lowest BCUT2D eigenvalue weighted by atomic mass is 10.2. The summed E-state index contributed by atoms with van der Waals surface area (Å²) >= 11 is 0. The molecule has 2 saturated heterocycles. The van der Waals surface area contributed by atoms with Gasteiger partial charge in [0, 0.05) is 19.7 Å². The van der Waals surface area contributed by atoms with Crippen LogP contribution in [0, 0.1) is 6.92 Å². The van der Waals surface area contributed by atoms with E-state index in [4.69, 9.17) is 0 Å². The van der Waals surface area contributed by atoms with Crippen LogP contribution in [0.2, 0.25) is 0 Å². The van der Waals surface area contributed by atoms with Crippen molar-refractivity contribution in [3.8, 4) is 0 Å². The Labute approximate surface area is 123 Å². The Morgan fingerprint density at radius 1 is 1.48 bits per heavy atom. The van der Waals surface area contributed by atoms with E-state index < -0.39 is 6.04 Å². The third kappa shape index (κ3) is 2.65. The highest BCUT2D eigenvalue weighted by Crippen LogP contribution is 2.22. The fourth-order valence-electron chi connectivity index (χ4n) is 3.07. The third-order valence-corrected chi connectivity index (χ3v) is 4.15. The molecule has 3 rings (SSSR count). The summed E-state index contributed by atoms with van der Waals surface area (Å²) in [5, 5.41) is 10.3. The van der Waals surface area contributed by atoms with Crippen LogP contribution in [0.1, 0.15) is 25.0 Å². The first-order chi connectivity index (χ1) is 10.1. The van der Waals surface area contributed by atoms with Crippen molar-refractivity contribution in [1.29, 1.82) is 0 Å². The zero-order chi connectivity index (χ0) is 15.0. The molecule has 0 bridgehead atoms. The van der Waals surface area contributed by atoms with E-state index in [-0.39, 0.29) is 17.9 Å². The SMILES string of the molecule is Cc1cc(N2CC[C@@H](NC(=O)[C@@H]3CCCN3)C2=O)n(C)n1. The van der Waals surface area contributed by atoms with Gasteiger partial charge in [0.2, 0.25) is 5.91 Å². The van der Waals surface area contributed by atoms with Crippen LogP contribution in [-0.4, -0.2) is 46.8 Å². The van der Waals surface area contributed by atoms with E-state index >= 15 is 0 Å². The maximum Gasteiger partial charge on any atom is 0.250 e. The van der Waals surface area contributed by atoms with Crippen LogP contribution in [0.15, 0.2) is 6.07 Å². The van der Waals surface area contributed by atoms with Gasteiger partial charge in [0.25, 0.3) is 5.91 Å². The lowest BCUT2D eigenvalue weighted by Crippen LogP contribution is -2.48. The van der Waals surface area contributed by atoms with Gasteiger partial charge >= 0.3 is 0 Å². The summed E-state index contributed by atoms with van der Waals surface area (Å²) in [7, 11) is 1.82. The Balaban J connectivity index is 1.66. The summed E-state index contributed by atoms with van der Waals surface area (Å²) in [5.74, 6) is 0.673. The van der Waals surface area contributed by atoms with Crippen molar-refractivity contribution in [1.82, 2.24) is 20.4 Å². The summed E-state index contributed by atoms with van der Waals surface area (Å²) < 4.78 is 1.70. The molecule has 0 saturated carbocycles. The number of rotatable bonds is 3. The topological polar surface area (TPSA) is 79.3 Å². The zero-order valence-electron chi connectivity index (χ0n) is 12.4. The van der Waals surface area contributed by atoms with E-state index in [1.807, 2.05) is 20.0 Å². The second-order valence-corrected chi connectivity index (χ2v) is 5.76. The standard InChI is InChI=1S/C14H21N5O2/c1-9-8-12(18(2)17-9)19-7-5-11(14(19)21)16-13(20)10-4-3-6-15-10/h8,10-11,15H,3-7H2,1-2H3,(H,16,20)/t10-,11+/m0/s1. The van der Waals surface area contributed by atoms with E-state index in [1.54, 1.807) is 9.58 Å². The van der Waals surface area contributed by atoms with Gasteiger partial charge in [0.05, 0.1) is 11.7 Å². The lowest BCUT2D eigenvalue weighted by Gasteiger charge is -2.18. The molecule has 0 radical (unpaired) electrons. The van der Waals surface area contributed by atoms with Gasteiger partial charge in [-0.1, -0.05) is 0 Å². The van der Waals surface area contributed by atoms with Gasteiger partial charge in [-0.25, -0.2) is 0 Å². The van der Waals surface area contributed by atoms with Crippen molar-refractivity contribution < 1.29 is 9.59 Å². The molecule has 1 aromatic heterocycles. The van der Waals surface area contributed by atoms with Crippen LogP contribution in [0.25, 0.3) is 0 Å². The van der Waals surface area contributed by atoms with Gasteiger partial charge in [0.1, 0.15) is 11.9 Å². The molecule has 2 aliphatic heterocycles. The number of aryl methyl sites for hydroxylation is 2. The van der Waals surface area contributed by atoms with Crippen molar-refractivity contribution in [3.05, 3.63) is 11.8 Å². The molecule has 2 fully saturated rings. The molecule has 0 unspecified atom stereocenters. The fourth-order valence-corrected chi connectivity index (χ4v) is 3.07. The molecule has 2 amide bonds. The minimum atomic E-state index is -0.421. The third-order valence-electron chi connectivity index (χ3n) is 4.15. The maximum absolute atomic E-state index is 12.5. The smallest absolute Gasteiger partial charge is 0.250 e. The fraction of sp³-hybridized carbons (Fsp3) is 0.643. The van der Waals surface area contributed by atoms with Gasteiger partial charge in [-0.05, 0) is 32.7 Å². The van der Waals surface area contributed by atoms with Crippen LogP contribution in [0.3, 0.4) is 0 Å². The highest BCUT2D eigenvalue weighted by molar-refractivity contribution is 6.01. The molecule has 114 valence electrons. The van der Waals surface area contributed by atoms with Crippen LogP contribution >= 0.6 is 0 Å². The number of anilines is 1. The largest absolute Gasteiger partial charge is 0.343 e. The van der Waals surface area contributed by atoms with E-state index in [1.165, 1.54) is 0 Å². The second kappa shape index (κ2) is 5.48. The Morgan fingerprint density at radius 3 is 2.90 bits per heavy atom. The first-order valence-corrected chi connectivity index (χ1v) is 7.42. The number of hydrogen-bond acceptors (Lipinski definition) is 4. The van der Waals surface area contributed by atoms with E-state index in [0.717, 1.165) is 30.9 Å². The number of hydrogen-bond donors (Lipinski definition) is 2. The number of aromatic nitrogens is 2. The molecule has 21 heavy (non-hydrogen) atoms. The molecular weight excluding hydrogens is 270 g/mol. The molecule has 0 aliphatic carbocycles. The van der Waals surface area contributed by atoms with Crippen molar-refractivity contribution in [3.63, 3.8) is 0 Å². The number of carbonyl (C=O) groups excluding carboxylic acids is 2. The Hall–Kier alpha value is -1.89. The van der Waals surface area contributed by atoms with Gasteiger partial charge in [0.15, 0.2) is 0 Å². The van der Waals surface area contributed by atoms with Crippen LogP contribution in [-0.2, 0) is 16.6 Å². The molecule has 3 heterocycles. The monoisotopic (exact) mass is 291 g/mol.